The van der Waals surface area contributed by atoms with Gasteiger partial charge in [0.25, 0.3) is 0 Å². The van der Waals surface area contributed by atoms with Crippen LogP contribution in [0.1, 0.15) is 30.9 Å². The van der Waals surface area contributed by atoms with Crippen molar-refractivity contribution in [3.8, 4) is 0 Å². The van der Waals surface area contributed by atoms with E-state index in [1.165, 1.54) is 0 Å². The molecule has 7 nitrogen and oxygen atoms in total. The van der Waals surface area contributed by atoms with Gasteiger partial charge in [-0.05, 0) is 5.56 Å². The van der Waals surface area contributed by atoms with E-state index in [9.17, 15) is 4.39 Å². The SMILES string of the molecule is Cn1ncc2c(NC34CC(F)(C3)C4)nc(NCC(N)c3ccccc3)nc21. The first-order valence-electron chi connectivity index (χ1n) is 9.17. The van der Waals surface area contributed by atoms with Crippen molar-refractivity contribution in [3.63, 3.8) is 0 Å². The lowest BCUT2D eigenvalue weighted by Crippen LogP contribution is -2.73. The van der Waals surface area contributed by atoms with Crippen LogP contribution in [-0.2, 0) is 7.05 Å². The van der Waals surface area contributed by atoms with Crippen molar-refractivity contribution >= 4 is 22.8 Å². The summed E-state index contributed by atoms with van der Waals surface area (Å²) in [6.45, 7) is 0.506. The first-order chi connectivity index (χ1) is 13.0. The Bertz CT molecular complexity index is 980. The summed E-state index contributed by atoms with van der Waals surface area (Å²) >= 11 is 0. The van der Waals surface area contributed by atoms with Crippen molar-refractivity contribution in [1.29, 1.82) is 0 Å². The van der Waals surface area contributed by atoms with Gasteiger partial charge in [0.05, 0.1) is 11.6 Å². The van der Waals surface area contributed by atoms with Crippen molar-refractivity contribution in [2.45, 2.75) is 36.5 Å². The minimum atomic E-state index is -0.961. The lowest BCUT2D eigenvalue weighted by molar-refractivity contribution is -0.136. The highest BCUT2D eigenvalue weighted by molar-refractivity contribution is 5.88. The molecule has 0 amide bonds. The number of nitrogens with one attached hydrogen (secondary N) is 2. The van der Waals surface area contributed by atoms with E-state index in [0.29, 0.717) is 37.6 Å². The number of benzene rings is 1. The van der Waals surface area contributed by atoms with E-state index in [2.05, 4.69) is 25.7 Å². The molecular formula is C19H22FN7. The van der Waals surface area contributed by atoms with Gasteiger partial charge in [0, 0.05) is 44.4 Å². The van der Waals surface area contributed by atoms with Crippen molar-refractivity contribution < 1.29 is 4.39 Å². The van der Waals surface area contributed by atoms with Crippen molar-refractivity contribution in [3.05, 3.63) is 42.1 Å². The van der Waals surface area contributed by atoms with Gasteiger partial charge in [-0.2, -0.15) is 15.1 Å². The second-order valence-corrected chi connectivity index (χ2v) is 7.89. The molecule has 2 heterocycles. The van der Waals surface area contributed by atoms with Crippen molar-refractivity contribution in [2.24, 2.45) is 12.8 Å². The lowest BCUT2D eigenvalue weighted by Gasteiger charge is -2.65. The Balaban J connectivity index is 1.38. The fraction of sp³-hybridized carbons (Fsp3) is 0.421. The van der Waals surface area contributed by atoms with Crippen LogP contribution >= 0.6 is 0 Å². The molecule has 140 valence electrons. The summed E-state index contributed by atoms with van der Waals surface area (Å²) in [5, 5.41) is 11.8. The van der Waals surface area contributed by atoms with Gasteiger partial charge in [0.15, 0.2) is 5.65 Å². The molecule has 8 heteroatoms. The Morgan fingerprint density at radius 1 is 1.22 bits per heavy atom. The summed E-state index contributed by atoms with van der Waals surface area (Å²) in [6.07, 6.45) is 3.39. The van der Waals surface area contributed by atoms with Crippen LogP contribution in [0.2, 0.25) is 0 Å². The molecule has 3 saturated carbocycles. The van der Waals surface area contributed by atoms with Crippen LogP contribution < -0.4 is 16.4 Å². The first kappa shape index (κ1) is 16.4. The van der Waals surface area contributed by atoms with Crippen LogP contribution in [0.25, 0.3) is 11.0 Å². The Morgan fingerprint density at radius 2 is 1.96 bits per heavy atom. The number of aromatic nitrogens is 4. The lowest BCUT2D eigenvalue weighted by atomic mass is 9.47. The molecule has 1 aromatic carbocycles. The Labute approximate surface area is 156 Å². The molecule has 1 unspecified atom stereocenters. The molecule has 3 fully saturated rings. The Kier molecular flexibility index (Phi) is 3.42. The van der Waals surface area contributed by atoms with E-state index < -0.39 is 5.67 Å². The van der Waals surface area contributed by atoms with Crippen LogP contribution in [0.3, 0.4) is 0 Å². The average Bonchev–Trinajstić information content (AvgIpc) is 2.99. The zero-order valence-corrected chi connectivity index (χ0v) is 15.1. The molecule has 3 aliphatic carbocycles. The third-order valence-corrected chi connectivity index (χ3v) is 5.65. The third-order valence-electron chi connectivity index (χ3n) is 5.65. The van der Waals surface area contributed by atoms with E-state index in [1.54, 1.807) is 10.9 Å². The number of anilines is 2. The van der Waals surface area contributed by atoms with Crippen LogP contribution in [-0.4, -0.2) is 37.5 Å². The Hall–Kier alpha value is -2.74. The molecule has 1 atom stereocenters. The van der Waals surface area contributed by atoms with Crippen LogP contribution in [0.15, 0.2) is 36.5 Å². The normalized spacial score (nSPS) is 26.9. The van der Waals surface area contributed by atoms with E-state index in [0.717, 1.165) is 16.6 Å². The monoisotopic (exact) mass is 367 g/mol. The van der Waals surface area contributed by atoms with E-state index >= 15 is 0 Å². The van der Waals surface area contributed by atoms with E-state index in [4.69, 9.17) is 5.73 Å². The van der Waals surface area contributed by atoms with E-state index in [-0.39, 0.29) is 11.6 Å². The summed E-state index contributed by atoms with van der Waals surface area (Å²) < 4.78 is 15.6. The molecule has 27 heavy (non-hydrogen) atoms. The van der Waals surface area contributed by atoms with Gasteiger partial charge < -0.3 is 16.4 Å². The third kappa shape index (κ3) is 2.71. The van der Waals surface area contributed by atoms with Crippen LogP contribution in [0.4, 0.5) is 16.2 Å². The average molecular weight is 367 g/mol. The molecule has 4 N–H and O–H groups in total. The predicted octanol–water partition coefficient (Wildman–Crippen LogP) is 2.53. The molecule has 0 radical (unpaired) electrons. The number of aryl methyl sites for hydroxylation is 1. The topological polar surface area (TPSA) is 93.7 Å². The largest absolute Gasteiger partial charge is 0.363 e. The Morgan fingerprint density at radius 3 is 2.67 bits per heavy atom. The van der Waals surface area contributed by atoms with Gasteiger partial charge in [0.1, 0.15) is 11.5 Å². The molecule has 2 bridgehead atoms. The molecule has 0 saturated heterocycles. The number of nitrogens with two attached hydrogens (primary N) is 1. The van der Waals surface area contributed by atoms with Gasteiger partial charge in [0.2, 0.25) is 5.95 Å². The number of nitrogens with zero attached hydrogens (tertiary/aromatic N) is 4. The predicted molar refractivity (Wildman–Crippen MR) is 102 cm³/mol. The number of halogens is 1. The number of hydrogen-bond donors (Lipinski definition) is 3. The van der Waals surface area contributed by atoms with Crippen LogP contribution in [0.5, 0.6) is 0 Å². The van der Waals surface area contributed by atoms with Gasteiger partial charge in [-0.3, -0.25) is 4.68 Å². The molecule has 2 aromatic heterocycles. The minimum Gasteiger partial charge on any atom is -0.363 e. The highest BCUT2D eigenvalue weighted by atomic mass is 19.1. The molecule has 0 spiro atoms. The molecule has 0 aliphatic heterocycles. The second kappa shape index (κ2) is 5.63. The second-order valence-electron chi connectivity index (χ2n) is 7.89. The number of alkyl halides is 1. The molecular weight excluding hydrogens is 345 g/mol. The van der Waals surface area contributed by atoms with Crippen molar-refractivity contribution in [1.82, 2.24) is 19.7 Å². The molecule has 3 aromatic rings. The number of hydrogen-bond acceptors (Lipinski definition) is 6. The van der Waals surface area contributed by atoms with Crippen LogP contribution in [0, 0.1) is 0 Å². The summed E-state index contributed by atoms with van der Waals surface area (Å²) in [5.74, 6) is 1.19. The first-order valence-corrected chi connectivity index (χ1v) is 9.17. The van der Waals surface area contributed by atoms with Gasteiger partial charge >= 0.3 is 0 Å². The number of rotatable bonds is 6. The fourth-order valence-electron chi connectivity index (χ4n) is 4.26. The highest BCUT2D eigenvalue weighted by Crippen LogP contribution is 2.64. The maximum absolute atomic E-state index is 13.9. The summed E-state index contributed by atoms with van der Waals surface area (Å²) in [5.41, 5.74) is 6.92. The van der Waals surface area contributed by atoms with Gasteiger partial charge in [-0.25, -0.2) is 4.39 Å². The fourth-order valence-corrected chi connectivity index (χ4v) is 4.26. The smallest absolute Gasteiger partial charge is 0.226 e. The quantitative estimate of drug-likeness (QED) is 0.620. The molecule has 6 rings (SSSR count). The summed E-state index contributed by atoms with van der Waals surface area (Å²) in [4.78, 5) is 9.20. The standard InChI is InChI=1S/C19H22FN7/c1-27-16-13(7-23-27)15(26-19-9-18(20,10-19)11-19)24-17(25-16)22-8-14(21)12-5-3-2-4-6-12/h2-7,14H,8-11,21H2,1H3,(H2,22,24,25,26). The number of fused-ring (bicyclic) bond motifs is 1. The highest BCUT2D eigenvalue weighted by Gasteiger charge is 2.69. The maximum Gasteiger partial charge on any atom is 0.226 e. The summed E-state index contributed by atoms with van der Waals surface area (Å²) in [7, 11) is 1.84. The summed E-state index contributed by atoms with van der Waals surface area (Å²) in [6, 6.07) is 9.74. The van der Waals surface area contributed by atoms with Gasteiger partial charge in [-0.1, -0.05) is 30.3 Å². The zero-order valence-electron chi connectivity index (χ0n) is 15.1. The van der Waals surface area contributed by atoms with E-state index in [1.807, 2.05) is 37.4 Å². The van der Waals surface area contributed by atoms with Gasteiger partial charge in [-0.15, -0.1) is 0 Å². The zero-order chi connectivity index (χ0) is 18.6. The molecule has 3 aliphatic rings. The minimum absolute atomic E-state index is 0.163. The maximum atomic E-state index is 13.9. The van der Waals surface area contributed by atoms with Crippen molar-refractivity contribution in [2.75, 3.05) is 17.2 Å².